The molecule has 62 valence electrons. The third-order valence-corrected chi connectivity index (χ3v) is 1.71. The van der Waals surface area contributed by atoms with Gasteiger partial charge in [-0.1, -0.05) is 13.8 Å². The minimum atomic E-state index is 0.644. The summed E-state index contributed by atoms with van der Waals surface area (Å²) in [5, 5.41) is 0. The summed E-state index contributed by atoms with van der Waals surface area (Å²) in [7, 11) is 0. The van der Waals surface area contributed by atoms with Crippen LogP contribution in [-0.4, -0.2) is 13.1 Å². The summed E-state index contributed by atoms with van der Waals surface area (Å²) in [5.41, 5.74) is 11.0. The Kier molecular flexibility index (Phi) is 5.64. The highest BCUT2D eigenvalue weighted by Gasteiger charge is 2.06. The zero-order valence-electron chi connectivity index (χ0n) is 7.14. The Morgan fingerprint density at radius 2 is 1.80 bits per heavy atom. The van der Waals surface area contributed by atoms with E-state index in [9.17, 15) is 0 Å². The Morgan fingerprint density at radius 3 is 2.10 bits per heavy atom. The van der Waals surface area contributed by atoms with Crippen LogP contribution in [0.5, 0.6) is 0 Å². The molecule has 0 spiro atoms. The lowest BCUT2D eigenvalue weighted by atomic mass is 9.94. The van der Waals surface area contributed by atoms with Crippen LogP contribution in [0.25, 0.3) is 0 Å². The molecule has 10 heavy (non-hydrogen) atoms. The van der Waals surface area contributed by atoms with E-state index in [0.29, 0.717) is 5.92 Å². The molecule has 0 aliphatic carbocycles. The van der Waals surface area contributed by atoms with Gasteiger partial charge in [-0.2, -0.15) is 0 Å². The molecular weight excluding hydrogens is 124 g/mol. The van der Waals surface area contributed by atoms with E-state index in [2.05, 4.69) is 13.8 Å². The second-order valence-electron chi connectivity index (χ2n) is 3.31. The van der Waals surface area contributed by atoms with Crippen molar-refractivity contribution < 1.29 is 0 Å². The highest BCUT2D eigenvalue weighted by Crippen LogP contribution is 2.12. The largest absolute Gasteiger partial charge is 0.330 e. The van der Waals surface area contributed by atoms with E-state index in [1.807, 2.05) is 0 Å². The molecule has 2 heteroatoms. The number of hydrogen-bond donors (Lipinski definition) is 2. The molecule has 0 fully saturated rings. The summed E-state index contributed by atoms with van der Waals surface area (Å²) in [6.07, 6.45) is 2.29. The Bertz CT molecular complexity index is 71.7. The Hall–Kier alpha value is -0.0800. The molecule has 0 aromatic rings. The first kappa shape index (κ1) is 9.92. The van der Waals surface area contributed by atoms with Crippen molar-refractivity contribution in [3.8, 4) is 0 Å². The summed E-state index contributed by atoms with van der Waals surface area (Å²) < 4.78 is 0. The molecule has 1 atom stereocenters. The second-order valence-corrected chi connectivity index (χ2v) is 3.31. The van der Waals surface area contributed by atoms with Gasteiger partial charge in [0.2, 0.25) is 0 Å². The van der Waals surface area contributed by atoms with Crippen molar-refractivity contribution in [1.82, 2.24) is 0 Å². The van der Waals surface area contributed by atoms with Gasteiger partial charge in [-0.3, -0.25) is 0 Å². The van der Waals surface area contributed by atoms with Crippen molar-refractivity contribution in [2.45, 2.75) is 26.7 Å². The monoisotopic (exact) mass is 144 g/mol. The van der Waals surface area contributed by atoms with Crippen molar-refractivity contribution in [3.63, 3.8) is 0 Å². The minimum absolute atomic E-state index is 0.644. The molecule has 0 amide bonds. The second kappa shape index (κ2) is 5.69. The third kappa shape index (κ3) is 4.77. The highest BCUT2D eigenvalue weighted by molar-refractivity contribution is 4.62. The van der Waals surface area contributed by atoms with E-state index >= 15 is 0 Å². The maximum Gasteiger partial charge on any atom is -0.00483 e. The Balaban J connectivity index is 3.39. The van der Waals surface area contributed by atoms with Gasteiger partial charge >= 0.3 is 0 Å². The van der Waals surface area contributed by atoms with E-state index in [0.717, 1.165) is 25.4 Å². The molecule has 2 nitrogen and oxygen atoms in total. The molecule has 0 radical (unpaired) electrons. The van der Waals surface area contributed by atoms with Crippen molar-refractivity contribution in [1.29, 1.82) is 0 Å². The molecule has 0 aliphatic rings. The lowest BCUT2D eigenvalue weighted by Crippen LogP contribution is -2.19. The average Bonchev–Trinajstić information content (AvgIpc) is 1.86. The van der Waals surface area contributed by atoms with Crippen LogP contribution >= 0.6 is 0 Å². The number of rotatable bonds is 5. The molecule has 0 bridgehead atoms. The molecule has 0 rings (SSSR count). The summed E-state index contributed by atoms with van der Waals surface area (Å²) in [5.74, 6) is 1.39. The first-order valence-corrected chi connectivity index (χ1v) is 4.10. The maximum atomic E-state index is 5.55. The SMILES string of the molecule is CC(C)C[C@H](CN)CCN. The van der Waals surface area contributed by atoms with Crippen LogP contribution in [0, 0.1) is 11.8 Å². The molecule has 0 aromatic heterocycles. The van der Waals surface area contributed by atoms with Crippen LogP contribution in [0.4, 0.5) is 0 Å². The fourth-order valence-corrected chi connectivity index (χ4v) is 1.23. The summed E-state index contributed by atoms with van der Waals surface area (Å²) in [4.78, 5) is 0. The molecule has 4 N–H and O–H groups in total. The summed E-state index contributed by atoms with van der Waals surface area (Å²) in [6.45, 7) is 6.00. The van der Waals surface area contributed by atoms with Gasteiger partial charge in [-0.25, -0.2) is 0 Å². The van der Waals surface area contributed by atoms with Crippen LogP contribution in [0.3, 0.4) is 0 Å². The van der Waals surface area contributed by atoms with Gasteiger partial charge in [-0.05, 0) is 37.8 Å². The van der Waals surface area contributed by atoms with Gasteiger partial charge in [0.05, 0.1) is 0 Å². The molecule has 0 saturated heterocycles. The molecule has 0 heterocycles. The van der Waals surface area contributed by atoms with E-state index < -0.39 is 0 Å². The van der Waals surface area contributed by atoms with Gasteiger partial charge in [-0.15, -0.1) is 0 Å². The van der Waals surface area contributed by atoms with Crippen LogP contribution in [-0.2, 0) is 0 Å². The Labute approximate surface area is 64.0 Å². The van der Waals surface area contributed by atoms with Crippen LogP contribution in [0.2, 0.25) is 0 Å². The minimum Gasteiger partial charge on any atom is -0.330 e. The lowest BCUT2D eigenvalue weighted by Gasteiger charge is -2.15. The van der Waals surface area contributed by atoms with Gasteiger partial charge in [0.15, 0.2) is 0 Å². The predicted molar refractivity (Wildman–Crippen MR) is 45.7 cm³/mol. The normalized spacial score (nSPS) is 14.1. The van der Waals surface area contributed by atoms with Gasteiger partial charge in [0.1, 0.15) is 0 Å². The molecule has 0 aromatic carbocycles. The standard InChI is InChI=1S/C8H20N2/c1-7(2)5-8(6-10)3-4-9/h7-8H,3-6,9-10H2,1-2H3/t8-/m1/s1. The van der Waals surface area contributed by atoms with E-state index in [-0.39, 0.29) is 0 Å². The first-order chi connectivity index (χ1) is 4.70. The predicted octanol–water partition coefficient (Wildman–Crippen LogP) is 0.956. The summed E-state index contributed by atoms with van der Waals surface area (Å²) in [6, 6.07) is 0. The van der Waals surface area contributed by atoms with Gasteiger partial charge in [0.25, 0.3) is 0 Å². The first-order valence-electron chi connectivity index (χ1n) is 4.10. The molecular formula is C8H20N2. The number of hydrogen-bond acceptors (Lipinski definition) is 2. The maximum absolute atomic E-state index is 5.55. The van der Waals surface area contributed by atoms with Crippen molar-refractivity contribution in [2.75, 3.05) is 13.1 Å². The zero-order valence-corrected chi connectivity index (χ0v) is 7.14. The number of nitrogens with two attached hydrogens (primary N) is 2. The highest BCUT2D eigenvalue weighted by atomic mass is 14.6. The van der Waals surface area contributed by atoms with E-state index in [1.54, 1.807) is 0 Å². The molecule has 0 saturated carbocycles. The fraction of sp³-hybridized carbons (Fsp3) is 1.00. The van der Waals surface area contributed by atoms with Gasteiger partial charge < -0.3 is 11.5 Å². The fourth-order valence-electron chi connectivity index (χ4n) is 1.23. The lowest BCUT2D eigenvalue weighted by molar-refractivity contribution is 0.398. The van der Waals surface area contributed by atoms with Gasteiger partial charge in [0, 0.05) is 0 Å². The smallest absolute Gasteiger partial charge is 0.00483 e. The van der Waals surface area contributed by atoms with Crippen molar-refractivity contribution >= 4 is 0 Å². The van der Waals surface area contributed by atoms with E-state index in [1.165, 1.54) is 6.42 Å². The van der Waals surface area contributed by atoms with Crippen molar-refractivity contribution in [3.05, 3.63) is 0 Å². The van der Waals surface area contributed by atoms with Crippen LogP contribution in [0.1, 0.15) is 26.7 Å². The zero-order chi connectivity index (χ0) is 7.98. The average molecular weight is 144 g/mol. The topological polar surface area (TPSA) is 52.0 Å². The van der Waals surface area contributed by atoms with E-state index in [4.69, 9.17) is 11.5 Å². The Morgan fingerprint density at radius 1 is 1.20 bits per heavy atom. The third-order valence-electron chi connectivity index (χ3n) is 1.71. The van der Waals surface area contributed by atoms with Crippen molar-refractivity contribution in [2.24, 2.45) is 23.3 Å². The quantitative estimate of drug-likeness (QED) is 0.603. The molecule has 0 aliphatic heterocycles. The van der Waals surface area contributed by atoms with Crippen LogP contribution in [0.15, 0.2) is 0 Å². The van der Waals surface area contributed by atoms with Crippen LogP contribution < -0.4 is 11.5 Å². The summed E-state index contributed by atoms with van der Waals surface area (Å²) >= 11 is 0. The molecule has 0 unspecified atom stereocenters.